The summed E-state index contributed by atoms with van der Waals surface area (Å²) in [6.07, 6.45) is -5.40. The lowest BCUT2D eigenvalue weighted by molar-refractivity contribution is -0.176. The van der Waals surface area contributed by atoms with Crippen LogP contribution in [0.15, 0.2) is 33.7 Å². The van der Waals surface area contributed by atoms with E-state index in [1.165, 1.54) is 6.08 Å². The van der Waals surface area contributed by atoms with E-state index in [1.54, 1.807) is 11.8 Å². The minimum atomic E-state index is -1.73. The molecule has 0 saturated heterocycles. The number of esters is 1. The highest BCUT2D eigenvalue weighted by Crippen LogP contribution is 2.31. The summed E-state index contributed by atoms with van der Waals surface area (Å²) in [7, 11) is 0. The monoisotopic (exact) mass is 1110 g/mol. The van der Waals surface area contributed by atoms with Gasteiger partial charge in [0.05, 0.1) is 90.6 Å². The predicted octanol–water partition coefficient (Wildman–Crippen LogP) is -4.46. The highest BCUT2D eigenvalue weighted by atomic mass is 16.6. The van der Waals surface area contributed by atoms with E-state index in [-0.39, 0.29) is 83.8 Å². The maximum absolute atomic E-state index is 13.4. The van der Waals surface area contributed by atoms with Crippen LogP contribution in [0.5, 0.6) is 0 Å². The molecular formula is C47H81N9O21. The number of carbonyl (C=O) groups excluding carboxylic acids is 4. The third-order valence-corrected chi connectivity index (χ3v) is 11.4. The van der Waals surface area contributed by atoms with Crippen LogP contribution in [0.2, 0.25) is 0 Å². The molecule has 0 aromatic carbocycles. The van der Waals surface area contributed by atoms with Crippen LogP contribution in [0.3, 0.4) is 0 Å². The SMILES string of the molecule is CCCOCCOCCOCCOCCC(=O)N(CCCCNC(=O)CO[C@@H]([C@@H]1OC(C(=O)O)=C[C@H](N=C(N)N)[C@H]1NC(C)=O)[C@H](O)CO)CCOCCCC(=O)O[C@@H]([C@@H]1OC(C(=O)O)=C[C@H](N=C(N)N)[C@H]1C)[C@H](O)CO. The van der Waals surface area contributed by atoms with E-state index in [1.807, 2.05) is 6.92 Å². The van der Waals surface area contributed by atoms with Crippen LogP contribution in [0.4, 0.5) is 0 Å². The Morgan fingerprint density at radius 1 is 0.688 bits per heavy atom. The van der Waals surface area contributed by atoms with Crippen LogP contribution in [0.1, 0.15) is 59.3 Å². The van der Waals surface area contributed by atoms with E-state index in [0.717, 1.165) is 19.4 Å². The fourth-order valence-corrected chi connectivity index (χ4v) is 7.67. The topological polar surface area (TPSA) is 463 Å². The number of carboxylic acids is 2. The minimum Gasteiger partial charge on any atom is -0.479 e. The first-order chi connectivity index (χ1) is 36.7. The van der Waals surface area contributed by atoms with Gasteiger partial charge in [0, 0.05) is 52.1 Å². The van der Waals surface area contributed by atoms with Gasteiger partial charge in [-0.3, -0.25) is 19.2 Å². The Bertz CT molecular complexity index is 1940. The summed E-state index contributed by atoms with van der Waals surface area (Å²) in [6.45, 7) is 5.86. The van der Waals surface area contributed by atoms with Gasteiger partial charge in [-0.25, -0.2) is 19.6 Å². The van der Waals surface area contributed by atoms with E-state index < -0.39 is 128 Å². The molecule has 2 aliphatic heterocycles. The van der Waals surface area contributed by atoms with Gasteiger partial charge in [0.15, 0.2) is 24.1 Å². The Hall–Kier alpha value is -5.96. The molecule has 0 aromatic heterocycles. The molecule has 3 amide bonds. The molecule has 0 radical (unpaired) electrons. The van der Waals surface area contributed by atoms with E-state index in [4.69, 9.17) is 65.6 Å². The summed E-state index contributed by atoms with van der Waals surface area (Å²) in [5.41, 5.74) is 22.1. The Labute approximate surface area is 446 Å². The van der Waals surface area contributed by atoms with Crippen molar-refractivity contribution in [2.75, 3.05) is 106 Å². The van der Waals surface area contributed by atoms with Crippen molar-refractivity contribution in [2.45, 2.75) is 114 Å². The van der Waals surface area contributed by atoms with Gasteiger partial charge in [-0.15, -0.1) is 0 Å². The summed E-state index contributed by atoms with van der Waals surface area (Å²) >= 11 is 0. The van der Waals surface area contributed by atoms with Gasteiger partial charge in [0.2, 0.25) is 29.2 Å². The Balaban J connectivity index is 1.99. The molecule has 77 heavy (non-hydrogen) atoms. The van der Waals surface area contributed by atoms with E-state index in [9.17, 15) is 59.4 Å². The van der Waals surface area contributed by atoms with Gasteiger partial charge in [-0.2, -0.15) is 0 Å². The number of guanidine groups is 2. The van der Waals surface area contributed by atoms with E-state index >= 15 is 0 Å². The second-order valence-electron chi connectivity index (χ2n) is 17.6. The number of aliphatic hydroxyl groups excluding tert-OH is 4. The first kappa shape index (κ1) is 67.2. The summed E-state index contributed by atoms with van der Waals surface area (Å²) in [6, 6.07) is -3.33. The molecule has 16 N–H and O–H groups in total. The second-order valence-corrected chi connectivity index (χ2v) is 17.6. The van der Waals surface area contributed by atoms with Crippen molar-refractivity contribution in [3.05, 3.63) is 23.7 Å². The van der Waals surface area contributed by atoms with E-state index in [0.29, 0.717) is 45.9 Å². The third kappa shape index (κ3) is 26.3. The lowest BCUT2D eigenvalue weighted by Crippen LogP contribution is -2.60. The van der Waals surface area contributed by atoms with Crippen molar-refractivity contribution in [3.8, 4) is 0 Å². The molecule has 0 spiro atoms. The predicted molar refractivity (Wildman–Crippen MR) is 270 cm³/mol. The van der Waals surface area contributed by atoms with Gasteiger partial charge in [0.1, 0.15) is 31.0 Å². The van der Waals surface area contributed by atoms with Gasteiger partial charge < -0.3 is 112 Å². The summed E-state index contributed by atoms with van der Waals surface area (Å²) < 4.78 is 50.0. The van der Waals surface area contributed by atoms with Gasteiger partial charge in [-0.1, -0.05) is 13.8 Å². The van der Waals surface area contributed by atoms with Crippen molar-refractivity contribution in [2.24, 2.45) is 38.8 Å². The smallest absolute Gasteiger partial charge is 0.370 e. The molecule has 0 aliphatic carbocycles. The molecule has 30 nitrogen and oxygen atoms in total. The molecule has 30 heteroatoms. The number of nitrogens with one attached hydrogen (secondary N) is 2. The fourth-order valence-electron chi connectivity index (χ4n) is 7.67. The average molecular weight is 1110 g/mol. The van der Waals surface area contributed by atoms with Gasteiger partial charge in [-0.05, 0) is 37.8 Å². The van der Waals surface area contributed by atoms with Crippen LogP contribution in [0, 0.1) is 5.92 Å². The zero-order valence-corrected chi connectivity index (χ0v) is 43.9. The molecule has 2 rings (SSSR count). The summed E-state index contributed by atoms with van der Waals surface area (Å²) in [5, 5.41) is 65.4. The van der Waals surface area contributed by atoms with Crippen molar-refractivity contribution in [3.63, 3.8) is 0 Å². The lowest BCUT2D eigenvalue weighted by atomic mass is 9.87. The minimum absolute atomic E-state index is 0.0201. The number of hydrogen-bond donors (Lipinski definition) is 12. The third-order valence-electron chi connectivity index (χ3n) is 11.4. The molecular weight excluding hydrogens is 1030 g/mol. The molecule has 440 valence electrons. The molecule has 0 aromatic rings. The largest absolute Gasteiger partial charge is 0.479 e. The van der Waals surface area contributed by atoms with Gasteiger partial charge >= 0.3 is 17.9 Å². The standard InChI is InChI=1S/C47H81N9O21/c1-4-13-69-17-19-72-21-22-73-20-18-71-15-9-37(63)56(12-16-70-14-7-8-38(64)77-42(33(61)26-58)40-28(2)30(54-46(48)49)23-34(75-40)44(65)66)11-6-5-10-52-36(62)27-74-41(32(60)25-57)43-39(53-29(3)59)31(55-47(50)51)24-35(76-43)45(67)68/h23-24,28,30-33,39-43,57-58,60-61H,4-22,25-27H2,1-3H3,(H,52,62)(H,53,59)(H,65,66)(H,67,68)(H4,48,49,54)(H4,50,51,55)/t28-,30+,31+,32-,33-,39-,40-,41-,42-,43-/m1/s1. The number of nitrogens with two attached hydrogens (primary N) is 4. The van der Waals surface area contributed by atoms with Crippen LogP contribution >= 0.6 is 0 Å². The number of ether oxygens (including phenoxy) is 9. The second kappa shape index (κ2) is 37.8. The highest BCUT2D eigenvalue weighted by molar-refractivity contribution is 5.86. The molecule has 10 atom stereocenters. The number of nitrogens with zero attached hydrogens (tertiary/aromatic N) is 3. The number of rotatable bonds is 41. The van der Waals surface area contributed by atoms with Crippen LogP contribution < -0.4 is 33.6 Å². The number of aliphatic hydroxyl groups is 4. The number of carboxylic acid groups (broad SMARTS) is 2. The molecule has 2 aliphatic rings. The Morgan fingerprint density at radius 3 is 1.78 bits per heavy atom. The summed E-state index contributed by atoms with van der Waals surface area (Å²) in [5.74, 6) is -8.02. The van der Waals surface area contributed by atoms with Crippen molar-refractivity contribution in [1.29, 1.82) is 0 Å². The number of amides is 3. The summed E-state index contributed by atoms with van der Waals surface area (Å²) in [4.78, 5) is 84.8. The average Bonchev–Trinajstić information content (AvgIpc) is 3.37. The lowest BCUT2D eigenvalue weighted by Gasteiger charge is -2.40. The number of unbranched alkanes of at least 4 members (excludes halogenated alkanes) is 1. The molecule has 0 saturated carbocycles. The van der Waals surface area contributed by atoms with E-state index in [2.05, 4.69) is 20.6 Å². The number of aliphatic carboxylic acids is 2. The zero-order chi connectivity index (χ0) is 57.3. The quantitative estimate of drug-likeness (QED) is 0.0119. The zero-order valence-electron chi connectivity index (χ0n) is 43.9. The van der Waals surface area contributed by atoms with Gasteiger partial charge in [0.25, 0.3) is 0 Å². The number of carbonyl (C=O) groups is 6. The first-order valence-electron chi connectivity index (χ1n) is 25.2. The maximum Gasteiger partial charge on any atom is 0.370 e. The molecule has 0 bridgehead atoms. The maximum atomic E-state index is 13.4. The molecule has 0 fully saturated rings. The van der Waals surface area contributed by atoms with Crippen molar-refractivity contribution >= 4 is 47.5 Å². The first-order valence-corrected chi connectivity index (χ1v) is 25.2. The number of hydrogen-bond acceptors (Lipinski definition) is 21. The molecule has 0 unspecified atom stereocenters. The van der Waals surface area contributed by atoms with Crippen LogP contribution in [-0.4, -0.2) is 243 Å². The van der Waals surface area contributed by atoms with Crippen LogP contribution in [0.25, 0.3) is 0 Å². The van der Waals surface area contributed by atoms with Crippen molar-refractivity contribution in [1.82, 2.24) is 15.5 Å². The Morgan fingerprint density at radius 2 is 1.22 bits per heavy atom. The Kier molecular flexibility index (Phi) is 32.9. The normalized spacial score (nSPS) is 20.6. The van der Waals surface area contributed by atoms with Crippen molar-refractivity contribution < 1.29 is 102 Å². The molecule has 2 heterocycles. The van der Waals surface area contributed by atoms with Crippen LogP contribution in [-0.2, 0) is 71.4 Å². The highest BCUT2D eigenvalue weighted by Gasteiger charge is 2.46. The number of aliphatic imine (C=N–C) groups is 2. The fraction of sp³-hybridized carbons (Fsp3) is 0.745.